The molecule has 2 unspecified atom stereocenters. The Morgan fingerprint density at radius 1 is 1.71 bits per heavy atom. The Morgan fingerprint density at radius 2 is 2.50 bits per heavy atom. The maximum absolute atomic E-state index is 10.8. The smallest absolute Gasteiger partial charge is 0.307 e. The molecule has 1 heterocycles. The third kappa shape index (κ3) is 1.64. The number of carbonyl (C=O) groups is 1. The van der Waals surface area contributed by atoms with E-state index in [-0.39, 0.29) is 11.2 Å². The van der Waals surface area contributed by atoms with Crippen molar-refractivity contribution >= 4 is 17.7 Å². The van der Waals surface area contributed by atoms with Gasteiger partial charge in [-0.3, -0.25) is 4.79 Å². The van der Waals surface area contributed by atoms with Crippen molar-refractivity contribution in [2.24, 2.45) is 13.0 Å². The molecule has 0 bridgehead atoms. The maximum Gasteiger partial charge on any atom is 0.307 e. The van der Waals surface area contributed by atoms with Crippen molar-refractivity contribution in [1.82, 2.24) is 9.55 Å². The second kappa shape index (κ2) is 3.65. The number of carboxylic acids is 1. The van der Waals surface area contributed by atoms with Crippen LogP contribution < -0.4 is 0 Å². The summed E-state index contributed by atoms with van der Waals surface area (Å²) in [5.74, 6) is -0.861. The van der Waals surface area contributed by atoms with Crippen molar-refractivity contribution in [3.63, 3.8) is 0 Å². The van der Waals surface area contributed by atoms with Gasteiger partial charge < -0.3 is 9.67 Å². The third-order valence-electron chi connectivity index (χ3n) is 2.56. The summed E-state index contributed by atoms with van der Waals surface area (Å²) >= 11 is 1.57. The number of imidazole rings is 1. The van der Waals surface area contributed by atoms with Crippen LogP contribution >= 0.6 is 11.8 Å². The largest absolute Gasteiger partial charge is 0.481 e. The summed E-state index contributed by atoms with van der Waals surface area (Å²) in [6.07, 6.45) is 5.39. The molecule has 0 spiro atoms. The van der Waals surface area contributed by atoms with Crippen LogP contribution in [0, 0.1) is 5.92 Å². The van der Waals surface area contributed by atoms with Gasteiger partial charge in [0.1, 0.15) is 0 Å². The number of nitrogens with zero attached hydrogens (tertiary/aromatic N) is 2. The van der Waals surface area contributed by atoms with Gasteiger partial charge in [-0.15, -0.1) is 0 Å². The molecular weight excluding hydrogens is 200 g/mol. The van der Waals surface area contributed by atoms with Crippen LogP contribution in [0.15, 0.2) is 17.6 Å². The fraction of sp³-hybridized carbons (Fsp3) is 0.556. The van der Waals surface area contributed by atoms with Crippen LogP contribution in [0.25, 0.3) is 0 Å². The van der Waals surface area contributed by atoms with Crippen molar-refractivity contribution in [3.8, 4) is 0 Å². The minimum Gasteiger partial charge on any atom is -0.481 e. The molecule has 4 nitrogen and oxygen atoms in total. The molecule has 76 valence electrons. The zero-order valence-electron chi connectivity index (χ0n) is 7.88. The highest BCUT2D eigenvalue weighted by atomic mass is 32.2. The first-order valence-corrected chi connectivity index (χ1v) is 5.43. The average Bonchev–Trinajstić information content (AvgIpc) is 2.44. The molecule has 0 aromatic carbocycles. The van der Waals surface area contributed by atoms with Crippen LogP contribution in [0.1, 0.15) is 12.8 Å². The van der Waals surface area contributed by atoms with Crippen LogP contribution in [0.4, 0.5) is 0 Å². The van der Waals surface area contributed by atoms with E-state index in [1.165, 1.54) is 0 Å². The van der Waals surface area contributed by atoms with E-state index in [1.807, 2.05) is 17.8 Å². The minimum absolute atomic E-state index is 0.184. The van der Waals surface area contributed by atoms with E-state index >= 15 is 0 Å². The normalized spacial score (nSPS) is 25.8. The van der Waals surface area contributed by atoms with Crippen LogP contribution in [0.3, 0.4) is 0 Å². The topological polar surface area (TPSA) is 55.1 Å². The van der Waals surface area contributed by atoms with E-state index in [2.05, 4.69) is 4.98 Å². The Kier molecular flexibility index (Phi) is 2.50. The van der Waals surface area contributed by atoms with Gasteiger partial charge in [0.15, 0.2) is 5.16 Å². The van der Waals surface area contributed by atoms with Gasteiger partial charge in [0.05, 0.1) is 5.92 Å². The first kappa shape index (κ1) is 9.58. The molecule has 14 heavy (non-hydrogen) atoms. The standard InChI is InChI=1S/C9H12N2O2S/c1-11-5-4-10-9(11)14-7-3-2-6(7)8(12)13/h4-7H,2-3H2,1H3,(H,12,13). The van der Waals surface area contributed by atoms with Crippen LogP contribution in [0.5, 0.6) is 0 Å². The first-order valence-electron chi connectivity index (χ1n) is 4.55. The van der Waals surface area contributed by atoms with Gasteiger partial charge in [-0.05, 0) is 12.8 Å². The second-order valence-electron chi connectivity index (χ2n) is 3.50. The number of aryl methyl sites for hydroxylation is 1. The third-order valence-corrected chi connectivity index (χ3v) is 4.03. The number of carboxylic acid groups (broad SMARTS) is 1. The molecule has 0 aliphatic heterocycles. The van der Waals surface area contributed by atoms with Gasteiger partial charge in [0.25, 0.3) is 0 Å². The Labute approximate surface area is 86.3 Å². The molecule has 2 rings (SSSR count). The predicted octanol–water partition coefficient (Wildman–Crippen LogP) is 1.38. The van der Waals surface area contributed by atoms with E-state index in [1.54, 1.807) is 18.0 Å². The van der Waals surface area contributed by atoms with Crippen LogP contribution in [-0.4, -0.2) is 25.9 Å². The summed E-state index contributed by atoms with van der Waals surface area (Å²) < 4.78 is 1.92. The highest BCUT2D eigenvalue weighted by molar-refractivity contribution is 7.99. The number of aliphatic carboxylic acids is 1. The summed E-state index contributed by atoms with van der Waals surface area (Å²) in [5, 5.41) is 9.97. The van der Waals surface area contributed by atoms with Crippen LogP contribution in [-0.2, 0) is 11.8 Å². The maximum atomic E-state index is 10.8. The van der Waals surface area contributed by atoms with Gasteiger partial charge >= 0.3 is 5.97 Å². The molecule has 1 saturated carbocycles. The fourth-order valence-corrected chi connectivity index (χ4v) is 2.78. The Morgan fingerprint density at radius 3 is 2.93 bits per heavy atom. The summed E-state index contributed by atoms with van der Waals surface area (Å²) in [7, 11) is 1.92. The molecular formula is C9H12N2O2S. The molecule has 0 amide bonds. The number of aromatic nitrogens is 2. The monoisotopic (exact) mass is 212 g/mol. The molecule has 0 radical (unpaired) electrons. The Balaban J connectivity index is 1.99. The molecule has 0 saturated heterocycles. The van der Waals surface area contributed by atoms with Crippen LogP contribution in [0.2, 0.25) is 0 Å². The summed E-state index contributed by atoms with van der Waals surface area (Å²) in [5.41, 5.74) is 0. The zero-order chi connectivity index (χ0) is 10.1. The molecule has 1 N–H and O–H groups in total. The van der Waals surface area contributed by atoms with Crippen molar-refractivity contribution in [2.75, 3.05) is 0 Å². The van der Waals surface area contributed by atoms with Gasteiger partial charge in [0, 0.05) is 24.7 Å². The minimum atomic E-state index is -0.678. The van der Waals surface area contributed by atoms with E-state index < -0.39 is 5.97 Å². The number of thioether (sulfide) groups is 1. The summed E-state index contributed by atoms with van der Waals surface area (Å²) in [6.45, 7) is 0. The van der Waals surface area contributed by atoms with E-state index in [4.69, 9.17) is 5.11 Å². The zero-order valence-corrected chi connectivity index (χ0v) is 8.70. The van der Waals surface area contributed by atoms with Crippen molar-refractivity contribution < 1.29 is 9.90 Å². The lowest BCUT2D eigenvalue weighted by Gasteiger charge is -2.32. The molecule has 1 aromatic heterocycles. The van der Waals surface area contributed by atoms with Gasteiger partial charge in [-0.1, -0.05) is 11.8 Å². The van der Waals surface area contributed by atoms with Crippen molar-refractivity contribution in [3.05, 3.63) is 12.4 Å². The number of rotatable bonds is 3. The van der Waals surface area contributed by atoms with Gasteiger partial charge in [-0.25, -0.2) is 4.98 Å². The molecule has 2 atom stereocenters. The first-order chi connectivity index (χ1) is 6.68. The lowest BCUT2D eigenvalue weighted by molar-refractivity contribution is -0.144. The average molecular weight is 212 g/mol. The van der Waals surface area contributed by atoms with Crippen molar-refractivity contribution in [2.45, 2.75) is 23.2 Å². The number of hydrogen-bond acceptors (Lipinski definition) is 3. The highest BCUT2D eigenvalue weighted by Gasteiger charge is 2.37. The summed E-state index contributed by atoms with van der Waals surface area (Å²) in [4.78, 5) is 14.9. The van der Waals surface area contributed by atoms with E-state index in [9.17, 15) is 4.79 Å². The molecule has 1 aliphatic carbocycles. The molecule has 5 heteroatoms. The molecule has 1 aromatic rings. The lowest BCUT2D eigenvalue weighted by Crippen LogP contribution is -2.35. The highest BCUT2D eigenvalue weighted by Crippen LogP contribution is 2.40. The van der Waals surface area contributed by atoms with E-state index in [0.29, 0.717) is 0 Å². The Hall–Kier alpha value is -0.970. The number of hydrogen-bond donors (Lipinski definition) is 1. The van der Waals surface area contributed by atoms with Crippen molar-refractivity contribution in [1.29, 1.82) is 0 Å². The molecule has 1 aliphatic rings. The quantitative estimate of drug-likeness (QED) is 0.822. The van der Waals surface area contributed by atoms with E-state index in [0.717, 1.165) is 18.0 Å². The molecule has 1 fully saturated rings. The second-order valence-corrected chi connectivity index (χ2v) is 4.71. The van der Waals surface area contributed by atoms with Gasteiger partial charge in [-0.2, -0.15) is 0 Å². The van der Waals surface area contributed by atoms with Gasteiger partial charge in [0.2, 0.25) is 0 Å². The Bertz CT molecular complexity index is 350. The fourth-order valence-electron chi connectivity index (χ4n) is 1.49. The summed E-state index contributed by atoms with van der Waals surface area (Å²) in [6, 6.07) is 0. The predicted molar refractivity (Wildman–Crippen MR) is 53.2 cm³/mol. The lowest BCUT2D eigenvalue weighted by atomic mass is 9.85. The SMILES string of the molecule is Cn1ccnc1SC1CCC1C(=O)O.